The zero-order valence-electron chi connectivity index (χ0n) is 29.9. The molecule has 9 aromatic rings. The van der Waals surface area contributed by atoms with E-state index in [0.29, 0.717) is 23.0 Å². The summed E-state index contributed by atoms with van der Waals surface area (Å²) in [5, 5.41) is 3.72. The van der Waals surface area contributed by atoms with Crippen molar-refractivity contribution in [3.8, 4) is 33.6 Å². The topological polar surface area (TPSA) is 14.2 Å². The average molecular weight is 750 g/mol. The predicted octanol–water partition coefficient (Wildman–Crippen LogP) is 14.4. The standard InChI is InChI=1S/C47H29F6N3/c1-27-18-22-40-34(24-27)31-10-4-6-14-38(31)55(40)42-16-8-12-33(30-21-20-29(46(48,49)50)26-36(30)47(51,52)53)44(42)45-37(54-3)13-9-17-43(45)56-39-15-7-5-11-32(39)35-25-28(2)19-23-41(35)56/h4-26H,1-2H3. The van der Waals surface area contributed by atoms with Crippen molar-refractivity contribution in [1.29, 1.82) is 0 Å². The van der Waals surface area contributed by atoms with Crippen LogP contribution in [-0.2, 0) is 12.4 Å². The highest BCUT2D eigenvalue weighted by molar-refractivity contribution is 6.13. The second-order valence-corrected chi connectivity index (χ2v) is 14.0. The van der Waals surface area contributed by atoms with Crippen LogP contribution in [0.3, 0.4) is 0 Å². The van der Waals surface area contributed by atoms with E-state index in [2.05, 4.69) is 10.9 Å². The van der Waals surface area contributed by atoms with Crippen LogP contribution in [0.1, 0.15) is 22.3 Å². The van der Waals surface area contributed by atoms with E-state index in [1.807, 2.05) is 108 Å². The van der Waals surface area contributed by atoms with E-state index in [1.165, 1.54) is 6.07 Å². The van der Waals surface area contributed by atoms with Crippen LogP contribution in [0.5, 0.6) is 0 Å². The Morgan fingerprint density at radius 2 is 0.982 bits per heavy atom. The summed E-state index contributed by atoms with van der Waals surface area (Å²) in [6.45, 7) is 12.4. The van der Waals surface area contributed by atoms with Gasteiger partial charge in [0.15, 0.2) is 5.69 Å². The van der Waals surface area contributed by atoms with Gasteiger partial charge in [-0.2, -0.15) is 26.3 Å². The molecule has 2 aromatic heterocycles. The van der Waals surface area contributed by atoms with Gasteiger partial charge in [0.1, 0.15) is 0 Å². The smallest absolute Gasteiger partial charge is 0.310 e. The number of rotatable bonds is 4. The molecule has 0 atom stereocenters. The van der Waals surface area contributed by atoms with Gasteiger partial charge < -0.3 is 9.13 Å². The largest absolute Gasteiger partial charge is 0.417 e. The summed E-state index contributed by atoms with van der Waals surface area (Å²) in [5.74, 6) is 0. The van der Waals surface area contributed by atoms with Gasteiger partial charge in [0.05, 0.1) is 45.5 Å². The highest BCUT2D eigenvalue weighted by atomic mass is 19.4. The normalized spacial score (nSPS) is 12.3. The molecule has 0 aliphatic carbocycles. The lowest BCUT2D eigenvalue weighted by Crippen LogP contribution is -2.12. The minimum absolute atomic E-state index is 0.0237. The maximum atomic E-state index is 15.1. The van der Waals surface area contributed by atoms with E-state index < -0.39 is 29.0 Å². The van der Waals surface area contributed by atoms with E-state index in [1.54, 1.807) is 24.3 Å². The third kappa shape index (κ3) is 5.43. The van der Waals surface area contributed by atoms with E-state index in [-0.39, 0.29) is 22.9 Å². The van der Waals surface area contributed by atoms with Crippen LogP contribution in [0, 0.1) is 20.4 Å². The summed E-state index contributed by atoms with van der Waals surface area (Å²) in [7, 11) is 0. The summed E-state index contributed by atoms with van der Waals surface area (Å²) in [5.41, 5.74) is 3.70. The summed E-state index contributed by atoms with van der Waals surface area (Å²) < 4.78 is 91.2. The third-order valence-corrected chi connectivity index (χ3v) is 10.5. The number of halogens is 6. The van der Waals surface area contributed by atoms with Crippen molar-refractivity contribution in [3.05, 3.63) is 173 Å². The van der Waals surface area contributed by atoms with Crippen molar-refractivity contribution in [2.75, 3.05) is 0 Å². The zero-order valence-corrected chi connectivity index (χ0v) is 29.9. The molecule has 0 radical (unpaired) electrons. The molecular weight excluding hydrogens is 721 g/mol. The highest BCUT2D eigenvalue weighted by Gasteiger charge is 2.39. The Hall–Kier alpha value is -6.79. The molecule has 3 nitrogen and oxygen atoms in total. The molecule has 7 aromatic carbocycles. The van der Waals surface area contributed by atoms with Gasteiger partial charge in [-0.25, -0.2) is 4.85 Å². The molecule has 0 saturated carbocycles. The van der Waals surface area contributed by atoms with E-state index in [0.717, 1.165) is 60.8 Å². The first-order valence-electron chi connectivity index (χ1n) is 17.8. The van der Waals surface area contributed by atoms with Crippen LogP contribution in [0.4, 0.5) is 32.0 Å². The Morgan fingerprint density at radius 1 is 0.464 bits per heavy atom. The molecule has 56 heavy (non-hydrogen) atoms. The van der Waals surface area contributed by atoms with Gasteiger partial charge in [0.25, 0.3) is 0 Å². The fourth-order valence-electron chi connectivity index (χ4n) is 8.16. The number of aromatic nitrogens is 2. The lowest BCUT2D eigenvalue weighted by molar-refractivity contribution is -0.142. The molecule has 0 saturated heterocycles. The summed E-state index contributed by atoms with van der Waals surface area (Å²) in [4.78, 5) is 3.96. The van der Waals surface area contributed by atoms with Crippen LogP contribution in [-0.4, -0.2) is 9.13 Å². The number of nitrogens with zero attached hydrogens (tertiary/aromatic N) is 3. The molecular formula is C47H29F6N3. The first kappa shape index (κ1) is 34.9. The molecule has 0 aliphatic rings. The molecule has 2 heterocycles. The van der Waals surface area contributed by atoms with E-state index in [4.69, 9.17) is 6.57 Å². The number of aryl methyl sites for hydroxylation is 2. The van der Waals surface area contributed by atoms with Crippen molar-refractivity contribution in [2.24, 2.45) is 0 Å². The van der Waals surface area contributed by atoms with Crippen molar-refractivity contribution in [2.45, 2.75) is 26.2 Å². The molecule has 0 amide bonds. The van der Waals surface area contributed by atoms with Gasteiger partial charge in [-0.1, -0.05) is 90.0 Å². The van der Waals surface area contributed by atoms with Crippen molar-refractivity contribution in [3.63, 3.8) is 0 Å². The van der Waals surface area contributed by atoms with Gasteiger partial charge in [-0.05, 0) is 85.6 Å². The summed E-state index contributed by atoms with van der Waals surface area (Å²) in [6.07, 6.45) is -10.2. The van der Waals surface area contributed by atoms with E-state index >= 15 is 13.2 Å². The molecule has 0 bridgehead atoms. The predicted molar refractivity (Wildman–Crippen MR) is 212 cm³/mol. The molecule has 274 valence electrons. The van der Waals surface area contributed by atoms with Crippen molar-refractivity contribution >= 4 is 49.3 Å². The molecule has 9 rings (SSSR count). The van der Waals surface area contributed by atoms with Gasteiger partial charge in [-0.15, -0.1) is 0 Å². The molecule has 0 fully saturated rings. The lowest BCUT2D eigenvalue weighted by atomic mass is 9.87. The second kappa shape index (κ2) is 12.6. The first-order chi connectivity index (χ1) is 26.8. The number of para-hydroxylation sites is 2. The Balaban J connectivity index is 1.50. The minimum Gasteiger partial charge on any atom is -0.310 e. The van der Waals surface area contributed by atoms with E-state index in [9.17, 15) is 13.2 Å². The lowest BCUT2D eigenvalue weighted by Gasteiger charge is -2.24. The summed E-state index contributed by atoms with van der Waals surface area (Å²) in [6, 6.07) is 39.4. The number of hydrogen-bond acceptors (Lipinski definition) is 0. The number of fused-ring (bicyclic) bond motifs is 6. The molecule has 0 aliphatic heterocycles. The Bertz CT molecular complexity index is 3100. The highest BCUT2D eigenvalue weighted by Crippen LogP contribution is 2.50. The molecule has 9 heteroatoms. The van der Waals surface area contributed by atoms with Crippen LogP contribution in [0.25, 0.3) is 82.1 Å². The molecule has 0 N–H and O–H groups in total. The number of benzene rings is 7. The Morgan fingerprint density at radius 3 is 1.52 bits per heavy atom. The monoisotopic (exact) mass is 749 g/mol. The maximum Gasteiger partial charge on any atom is 0.417 e. The molecule has 0 spiro atoms. The number of hydrogen-bond donors (Lipinski definition) is 0. The van der Waals surface area contributed by atoms with Crippen LogP contribution in [0.2, 0.25) is 0 Å². The zero-order chi connectivity index (χ0) is 39.1. The SMILES string of the molecule is [C-]#[N+]c1cccc(-n2c3ccccc3c3cc(C)ccc32)c1-c1c(-c2ccc(C(F)(F)F)cc2C(F)(F)F)cccc1-n1c2ccccc2c2cc(C)ccc21. The fourth-order valence-corrected chi connectivity index (χ4v) is 8.16. The van der Waals surface area contributed by atoms with Crippen LogP contribution < -0.4 is 0 Å². The third-order valence-electron chi connectivity index (χ3n) is 10.5. The van der Waals surface area contributed by atoms with Gasteiger partial charge in [0, 0.05) is 38.4 Å². The number of alkyl halides is 6. The minimum atomic E-state index is -5.15. The first-order valence-corrected chi connectivity index (χ1v) is 17.8. The Kier molecular flexibility index (Phi) is 7.89. The van der Waals surface area contributed by atoms with Crippen molar-refractivity contribution < 1.29 is 26.3 Å². The summed E-state index contributed by atoms with van der Waals surface area (Å²) >= 11 is 0. The molecule has 0 unspecified atom stereocenters. The Labute approximate surface area is 317 Å². The quantitative estimate of drug-likeness (QED) is 0.126. The van der Waals surface area contributed by atoms with Gasteiger partial charge in [0.2, 0.25) is 0 Å². The van der Waals surface area contributed by atoms with Crippen LogP contribution >= 0.6 is 0 Å². The van der Waals surface area contributed by atoms with Gasteiger partial charge >= 0.3 is 12.4 Å². The second-order valence-electron chi connectivity index (χ2n) is 14.0. The van der Waals surface area contributed by atoms with Crippen molar-refractivity contribution in [1.82, 2.24) is 9.13 Å². The average Bonchev–Trinajstić information content (AvgIpc) is 3.68. The maximum absolute atomic E-state index is 15.1. The van der Waals surface area contributed by atoms with Crippen LogP contribution in [0.15, 0.2) is 140 Å². The fraction of sp³-hybridized carbons (Fsp3) is 0.0851. The van der Waals surface area contributed by atoms with Gasteiger partial charge in [-0.3, -0.25) is 0 Å².